The lowest BCUT2D eigenvalue weighted by Gasteiger charge is -2.07. The van der Waals surface area contributed by atoms with Gasteiger partial charge in [-0.3, -0.25) is 4.68 Å². The number of carbonyl (C=O) groups excluding carboxylic acids is 1. The fourth-order valence-electron chi connectivity index (χ4n) is 1.58. The first kappa shape index (κ1) is 13.9. The van der Waals surface area contributed by atoms with Crippen LogP contribution in [0.5, 0.6) is 0 Å². The number of hydrogen-bond donors (Lipinski definition) is 1. The van der Waals surface area contributed by atoms with Crippen LogP contribution in [0.4, 0.5) is 5.95 Å². The largest absolute Gasteiger partial charge is 0.462 e. The normalized spacial score (nSPS) is 10.3. The molecule has 8 nitrogen and oxygen atoms in total. The molecule has 0 bridgehead atoms. The number of rotatable bonds is 5. The number of esters is 1. The molecule has 20 heavy (non-hydrogen) atoms. The molecule has 0 radical (unpaired) electrons. The van der Waals surface area contributed by atoms with E-state index in [0.29, 0.717) is 36.2 Å². The van der Waals surface area contributed by atoms with E-state index in [0.717, 1.165) is 0 Å². The minimum atomic E-state index is -0.414. The standard InChI is InChI=1S/C12H16N6O2/c1-4-20-11(19)9-5-13-12(16-8(9)2)14-6-10-15-7-18(3)17-10/h5,7H,4,6H2,1-3H3,(H,13,14,16). The van der Waals surface area contributed by atoms with E-state index in [1.54, 1.807) is 31.9 Å². The molecule has 2 aromatic heterocycles. The second-order valence-corrected chi connectivity index (χ2v) is 4.10. The highest BCUT2D eigenvalue weighted by molar-refractivity contribution is 5.90. The van der Waals surface area contributed by atoms with Crippen LogP contribution in [0.25, 0.3) is 0 Å². The second-order valence-electron chi connectivity index (χ2n) is 4.10. The van der Waals surface area contributed by atoms with Gasteiger partial charge in [0.2, 0.25) is 5.95 Å². The van der Waals surface area contributed by atoms with Crippen LogP contribution in [-0.4, -0.2) is 37.3 Å². The summed E-state index contributed by atoms with van der Waals surface area (Å²) >= 11 is 0. The average molecular weight is 276 g/mol. The number of carbonyl (C=O) groups is 1. The van der Waals surface area contributed by atoms with Gasteiger partial charge in [-0.1, -0.05) is 0 Å². The highest BCUT2D eigenvalue weighted by Crippen LogP contribution is 2.09. The van der Waals surface area contributed by atoms with E-state index < -0.39 is 5.97 Å². The van der Waals surface area contributed by atoms with Gasteiger partial charge in [0, 0.05) is 13.2 Å². The van der Waals surface area contributed by atoms with Gasteiger partial charge < -0.3 is 10.1 Å². The summed E-state index contributed by atoms with van der Waals surface area (Å²) in [6.07, 6.45) is 3.07. The minimum absolute atomic E-state index is 0.323. The fourth-order valence-corrected chi connectivity index (χ4v) is 1.58. The Kier molecular flexibility index (Phi) is 4.24. The van der Waals surface area contributed by atoms with Crippen LogP contribution in [0.1, 0.15) is 28.8 Å². The third-order valence-electron chi connectivity index (χ3n) is 2.53. The molecule has 0 saturated carbocycles. The third-order valence-corrected chi connectivity index (χ3v) is 2.53. The number of nitrogens with one attached hydrogen (secondary N) is 1. The van der Waals surface area contributed by atoms with Crippen molar-refractivity contribution in [2.75, 3.05) is 11.9 Å². The van der Waals surface area contributed by atoms with E-state index >= 15 is 0 Å². The van der Waals surface area contributed by atoms with Crippen molar-refractivity contribution >= 4 is 11.9 Å². The van der Waals surface area contributed by atoms with Crippen molar-refractivity contribution in [3.63, 3.8) is 0 Å². The van der Waals surface area contributed by atoms with Crippen LogP contribution in [0, 0.1) is 6.92 Å². The van der Waals surface area contributed by atoms with Crippen molar-refractivity contribution in [3.8, 4) is 0 Å². The molecule has 0 aliphatic carbocycles. The molecule has 2 heterocycles. The van der Waals surface area contributed by atoms with Gasteiger partial charge >= 0.3 is 5.97 Å². The van der Waals surface area contributed by atoms with E-state index in [9.17, 15) is 4.79 Å². The molecule has 0 fully saturated rings. The Labute approximate surface area is 116 Å². The van der Waals surface area contributed by atoms with Crippen LogP contribution < -0.4 is 5.32 Å². The van der Waals surface area contributed by atoms with Gasteiger partial charge in [0.25, 0.3) is 0 Å². The highest BCUT2D eigenvalue weighted by atomic mass is 16.5. The van der Waals surface area contributed by atoms with Crippen molar-refractivity contribution in [3.05, 3.63) is 29.6 Å². The molecule has 8 heteroatoms. The van der Waals surface area contributed by atoms with Gasteiger partial charge in [-0.05, 0) is 13.8 Å². The van der Waals surface area contributed by atoms with Crippen LogP contribution in [0.15, 0.2) is 12.5 Å². The molecular weight excluding hydrogens is 260 g/mol. The first-order chi connectivity index (χ1) is 9.60. The average Bonchev–Trinajstić information content (AvgIpc) is 2.82. The summed E-state index contributed by atoms with van der Waals surface area (Å²) in [5, 5.41) is 7.13. The Balaban J connectivity index is 2.03. The van der Waals surface area contributed by atoms with Gasteiger partial charge in [-0.25, -0.2) is 19.7 Å². The van der Waals surface area contributed by atoms with E-state index in [4.69, 9.17) is 4.74 Å². The molecule has 0 unspecified atom stereocenters. The first-order valence-electron chi connectivity index (χ1n) is 6.19. The Morgan fingerprint density at radius 3 is 2.85 bits per heavy atom. The molecule has 2 aromatic rings. The zero-order valence-corrected chi connectivity index (χ0v) is 11.6. The third kappa shape index (κ3) is 3.28. The lowest BCUT2D eigenvalue weighted by Crippen LogP contribution is -2.11. The molecular formula is C12H16N6O2. The Hall–Kier alpha value is -2.51. The molecule has 0 aliphatic heterocycles. The summed E-state index contributed by atoms with van der Waals surface area (Å²) in [4.78, 5) is 24.0. The topological polar surface area (TPSA) is 94.8 Å². The molecule has 0 atom stereocenters. The van der Waals surface area contributed by atoms with Crippen LogP contribution in [-0.2, 0) is 18.3 Å². The monoisotopic (exact) mass is 276 g/mol. The van der Waals surface area contributed by atoms with Gasteiger partial charge in [0.15, 0.2) is 5.82 Å². The van der Waals surface area contributed by atoms with Gasteiger partial charge in [-0.15, -0.1) is 0 Å². The van der Waals surface area contributed by atoms with Crippen molar-refractivity contribution in [2.45, 2.75) is 20.4 Å². The second kappa shape index (κ2) is 6.09. The van der Waals surface area contributed by atoms with Crippen molar-refractivity contribution in [2.24, 2.45) is 7.05 Å². The van der Waals surface area contributed by atoms with Crippen LogP contribution in [0.3, 0.4) is 0 Å². The Morgan fingerprint density at radius 1 is 1.45 bits per heavy atom. The van der Waals surface area contributed by atoms with Gasteiger partial charge in [0.05, 0.1) is 24.4 Å². The predicted molar refractivity (Wildman–Crippen MR) is 71.1 cm³/mol. The smallest absolute Gasteiger partial charge is 0.341 e. The SMILES string of the molecule is CCOC(=O)c1cnc(NCc2ncn(C)n2)nc1C. The Morgan fingerprint density at radius 2 is 2.25 bits per heavy atom. The van der Waals surface area contributed by atoms with Crippen LogP contribution in [0.2, 0.25) is 0 Å². The summed E-state index contributed by atoms with van der Waals surface area (Å²) in [5.74, 6) is 0.647. The summed E-state index contributed by atoms with van der Waals surface area (Å²) in [7, 11) is 1.80. The number of ether oxygens (including phenoxy) is 1. The lowest BCUT2D eigenvalue weighted by atomic mass is 10.2. The van der Waals surface area contributed by atoms with Crippen LogP contribution >= 0.6 is 0 Å². The van der Waals surface area contributed by atoms with E-state index in [2.05, 4.69) is 25.4 Å². The number of aromatic nitrogens is 5. The quantitative estimate of drug-likeness (QED) is 0.803. The Bertz CT molecular complexity index is 610. The molecule has 1 N–H and O–H groups in total. The molecule has 0 saturated heterocycles. The molecule has 0 aromatic carbocycles. The highest BCUT2D eigenvalue weighted by Gasteiger charge is 2.12. The van der Waals surface area contributed by atoms with Crippen molar-refractivity contribution < 1.29 is 9.53 Å². The lowest BCUT2D eigenvalue weighted by molar-refractivity contribution is 0.0524. The summed E-state index contributed by atoms with van der Waals surface area (Å²) in [5.41, 5.74) is 0.934. The number of nitrogens with zero attached hydrogens (tertiary/aromatic N) is 5. The van der Waals surface area contributed by atoms with Gasteiger partial charge in [0.1, 0.15) is 6.33 Å². The molecule has 0 spiro atoms. The summed E-state index contributed by atoms with van der Waals surface area (Å²) in [6.45, 7) is 4.23. The van der Waals surface area contributed by atoms with E-state index in [1.165, 1.54) is 6.20 Å². The maximum absolute atomic E-state index is 11.6. The zero-order chi connectivity index (χ0) is 14.5. The fraction of sp³-hybridized carbons (Fsp3) is 0.417. The number of hydrogen-bond acceptors (Lipinski definition) is 7. The number of aryl methyl sites for hydroxylation is 2. The number of anilines is 1. The first-order valence-corrected chi connectivity index (χ1v) is 6.19. The summed E-state index contributed by atoms with van der Waals surface area (Å²) in [6, 6.07) is 0. The van der Waals surface area contributed by atoms with Crippen molar-refractivity contribution in [1.29, 1.82) is 0 Å². The van der Waals surface area contributed by atoms with E-state index in [1.807, 2.05) is 0 Å². The maximum atomic E-state index is 11.6. The van der Waals surface area contributed by atoms with Gasteiger partial charge in [-0.2, -0.15) is 5.10 Å². The predicted octanol–water partition coefficient (Wildman–Crippen LogP) is 0.702. The zero-order valence-electron chi connectivity index (χ0n) is 11.6. The molecule has 0 aliphatic rings. The van der Waals surface area contributed by atoms with Crippen molar-refractivity contribution in [1.82, 2.24) is 24.7 Å². The maximum Gasteiger partial charge on any atom is 0.341 e. The minimum Gasteiger partial charge on any atom is -0.462 e. The van der Waals surface area contributed by atoms with E-state index in [-0.39, 0.29) is 0 Å². The molecule has 0 amide bonds. The molecule has 2 rings (SSSR count). The molecule has 106 valence electrons. The summed E-state index contributed by atoms with van der Waals surface area (Å²) < 4.78 is 6.54.